The van der Waals surface area contributed by atoms with E-state index in [1.807, 2.05) is 19.9 Å². The minimum absolute atomic E-state index is 0.0685. The number of nitrogens with one attached hydrogen (secondary N) is 1. The number of hydrogen-bond acceptors (Lipinski definition) is 5. The summed E-state index contributed by atoms with van der Waals surface area (Å²) in [6.07, 6.45) is 0.853. The number of sulfonamides is 1. The monoisotopic (exact) mass is 432 g/mol. The molecule has 1 unspecified atom stereocenters. The first-order valence-electron chi connectivity index (χ1n) is 9.86. The minimum Gasteiger partial charge on any atom is -0.492 e. The van der Waals surface area contributed by atoms with Crippen molar-refractivity contribution in [1.29, 1.82) is 0 Å². The van der Waals surface area contributed by atoms with Crippen LogP contribution >= 0.6 is 0 Å². The number of aryl methyl sites for hydroxylation is 1. The topological polar surface area (TPSA) is 84.9 Å². The van der Waals surface area contributed by atoms with E-state index in [4.69, 9.17) is 9.47 Å². The molecule has 7 nitrogen and oxygen atoms in total. The van der Waals surface area contributed by atoms with Crippen molar-refractivity contribution < 1.29 is 22.7 Å². The van der Waals surface area contributed by atoms with Crippen molar-refractivity contribution in [2.45, 2.75) is 45.1 Å². The number of fused-ring (bicyclic) bond motifs is 1. The normalized spacial score (nSPS) is 15.6. The van der Waals surface area contributed by atoms with E-state index >= 15 is 0 Å². The summed E-state index contributed by atoms with van der Waals surface area (Å²) in [6, 6.07) is 6.76. The molecule has 1 heterocycles. The van der Waals surface area contributed by atoms with Gasteiger partial charge in [0.15, 0.2) is 0 Å². The van der Waals surface area contributed by atoms with Crippen LogP contribution in [0.15, 0.2) is 29.2 Å². The molecule has 0 aliphatic carbocycles. The summed E-state index contributed by atoms with van der Waals surface area (Å²) in [4.78, 5) is 13.2. The van der Waals surface area contributed by atoms with Crippen LogP contribution in [0.1, 0.15) is 40.9 Å². The van der Waals surface area contributed by atoms with Crippen molar-refractivity contribution in [3.05, 3.63) is 46.5 Å². The van der Waals surface area contributed by atoms with Gasteiger partial charge in [0, 0.05) is 37.7 Å². The summed E-state index contributed by atoms with van der Waals surface area (Å²) >= 11 is 0. The van der Waals surface area contributed by atoms with Gasteiger partial charge in [-0.2, -0.15) is 0 Å². The van der Waals surface area contributed by atoms with E-state index < -0.39 is 15.9 Å². The fourth-order valence-electron chi connectivity index (χ4n) is 3.43. The van der Waals surface area contributed by atoms with Crippen molar-refractivity contribution >= 4 is 21.6 Å². The summed E-state index contributed by atoms with van der Waals surface area (Å²) in [5.41, 5.74) is 3.13. The molecule has 0 saturated heterocycles. The first-order chi connectivity index (χ1) is 14.0. The maximum absolute atomic E-state index is 13.0. The number of nitrogens with zero attached hydrogens (tertiary/aromatic N) is 1. The molecule has 0 fully saturated rings. The van der Waals surface area contributed by atoms with E-state index in [0.29, 0.717) is 23.6 Å². The van der Waals surface area contributed by atoms with E-state index in [1.54, 1.807) is 26.0 Å². The Hall–Kier alpha value is -2.58. The summed E-state index contributed by atoms with van der Waals surface area (Å²) in [6.45, 7) is 7.84. The van der Waals surface area contributed by atoms with Crippen LogP contribution in [0.3, 0.4) is 0 Å². The zero-order valence-electron chi connectivity index (χ0n) is 18.2. The summed E-state index contributed by atoms with van der Waals surface area (Å²) in [7, 11) is -0.743. The first kappa shape index (κ1) is 22.1. The Bertz CT molecular complexity index is 1090. The lowest BCUT2D eigenvalue weighted by atomic mass is 10.1. The van der Waals surface area contributed by atoms with Crippen molar-refractivity contribution in [3.8, 4) is 11.5 Å². The third kappa shape index (κ3) is 4.15. The number of ether oxygens (including phenoxy) is 2. The maximum atomic E-state index is 13.0. The summed E-state index contributed by atoms with van der Waals surface area (Å²) < 4.78 is 38.0. The van der Waals surface area contributed by atoms with Crippen molar-refractivity contribution in [2.75, 3.05) is 26.0 Å². The highest BCUT2D eigenvalue weighted by Gasteiger charge is 2.25. The molecule has 0 radical (unpaired) electrons. The quantitative estimate of drug-likeness (QED) is 0.755. The van der Waals surface area contributed by atoms with Gasteiger partial charge in [-0.3, -0.25) is 4.79 Å². The van der Waals surface area contributed by atoms with Crippen molar-refractivity contribution in [3.63, 3.8) is 0 Å². The van der Waals surface area contributed by atoms with Crippen LogP contribution in [-0.2, 0) is 16.4 Å². The van der Waals surface area contributed by atoms with E-state index in [2.05, 4.69) is 5.32 Å². The van der Waals surface area contributed by atoms with Crippen molar-refractivity contribution in [1.82, 2.24) is 4.31 Å². The lowest BCUT2D eigenvalue weighted by Crippen LogP contribution is -2.24. The van der Waals surface area contributed by atoms with Crippen LogP contribution in [0.25, 0.3) is 0 Å². The fraction of sp³-hybridized carbons (Fsp3) is 0.409. The number of amides is 1. The van der Waals surface area contributed by atoms with E-state index in [1.165, 1.54) is 20.2 Å². The number of carbonyl (C=O) groups excluding carboxylic acids is 1. The van der Waals surface area contributed by atoms with Crippen molar-refractivity contribution in [2.24, 2.45) is 0 Å². The molecule has 1 aliphatic heterocycles. The molecule has 8 heteroatoms. The van der Waals surface area contributed by atoms with Gasteiger partial charge in [-0.05, 0) is 57.0 Å². The minimum atomic E-state index is -3.68. The van der Waals surface area contributed by atoms with Gasteiger partial charge >= 0.3 is 0 Å². The van der Waals surface area contributed by atoms with Crippen LogP contribution < -0.4 is 14.8 Å². The number of anilines is 1. The third-order valence-corrected chi connectivity index (χ3v) is 7.13. The van der Waals surface area contributed by atoms with Crippen LogP contribution in [0, 0.1) is 13.8 Å². The average molecular weight is 433 g/mol. The molecule has 1 aliphatic rings. The van der Waals surface area contributed by atoms with Crippen LogP contribution in [0.4, 0.5) is 5.69 Å². The molecule has 1 amide bonds. The highest BCUT2D eigenvalue weighted by Crippen LogP contribution is 2.38. The second-order valence-corrected chi connectivity index (χ2v) is 9.80. The van der Waals surface area contributed by atoms with Gasteiger partial charge in [0.25, 0.3) is 5.91 Å². The van der Waals surface area contributed by atoms with E-state index in [0.717, 1.165) is 27.6 Å². The number of carbonyl (C=O) groups is 1. The van der Waals surface area contributed by atoms with Crippen LogP contribution in [0.2, 0.25) is 0 Å². The first-order valence-corrected chi connectivity index (χ1v) is 11.3. The second kappa shape index (κ2) is 8.28. The number of rotatable bonds is 6. The van der Waals surface area contributed by atoms with Gasteiger partial charge in [0.1, 0.15) is 17.6 Å². The van der Waals surface area contributed by atoms with Crippen LogP contribution in [-0.4, -0.2) is 45.4 Å². The lowest BCUT2D eigenvalue weighted by molar-refractivity contribution is 0.102. The van der Waals surface area contributed by atoms with E-state index in [9.17, 15) is 13.2 Å². The van der Waals surface area contributed by atoms with Gasteiger partial charge < -0.3 is 14.8 Å². The molecule has 0 spiro atoms. The lowest BCUT2D eigenvalue weighted by Gasteiger charge is -2.17. The highest BCUT2D eigenvalue weighted by molar-refractivity contribution is 7.89. The van der Waals surface area contributed by atoms with Crippen LogP contribution in [0.5, 0.6) is 11.5 Å². The zero-order valence-corrected chi connectivity index (χ0v) is 19.0. The zero-order chi connectivity index (χ0) is 22.2. The Labute approximate surface area is 178 Å². The van der Waals surface area contributed by atoms with Gasteiger partial charge in [-0.1, -0.05) is 0 Å². The Morgan fingerprint density at radius 2 is 1.93 bits per heavy atom. The molecule has 2 aromatic rings. The maximum Gasteiger partial charge on any atom is 0.255 e. The SMILES string of the molecule is CCOc1cc2c(cc1NC(=O)c1cc(C)c(C)c(S(=O)(=O)N(C)C)c1)OC(C)C2. The van der Waals surface area contributed by atoms with Gasteiger partial charge in [-0.25, -0.2) is 12.7 Å². The Balaban J connectivity index is 1.99. The standard InChI is InChI=1S/C22H28N2O5S/c1-7-28-20-10-16-9-14(3)29-19(16)12-18(20)23-22(25)17-8-13(2)15(4)21(11-17)30(26,27)24(5)6/h8,10-12,14H,7,9H2,1-6H3,(H,23,25). The predicted octanol–water partition coefficient (Wildman–Crippen LogP) is 3.53. The predicted molar refractivity (Wildman–Crippen MR) is 116 cm³/mol. The largest absolute Gasteiger partial charge is 0.492 e. The smallest absolute Gasteiger partial charge is 0.255 e. The molecular weight excluding hydrogens is 404 g/mol. The van der Waals surface area contributed by atoms with Gasteiger partial charge in [0.05, 0.1) is 17.2 Å². The molecule has 1 atom stereocenters. The molecule has 0 saturated carbocycles. The summed E-state index contributed by atoms with van der Waals surface area (Å²) in [5.74, 6) is 0.865. The fourth-order valence-corrected chi connectivity index (χ4v) is 4.65. The number of benzene rings is 2. The van der Waals surface area contributed by atoms with Gasteiger partial charge in [-0.15, -0.1) is 0 Å². The molecule has 3 rings (SSSR count). The molecule has 1 N–H and O–H groups in total. The summed E-state index contributed by atoms with van der Waals surface area (Å²) in [5, 5.41) is 2.86. The Morgan fingerprint density at radius 3 is 2.57 bits per heavy atom. The molecule has 162 valence electrons. The Kier molecular flexibility index (Phi) is 6.10. The molecule has 0 bridgehead atoms. The second-order valence-electron chi connectivity index (χ2n) is 7.68. The molecule has 30 heavy (non-hydrogen) atoms. The van der Waals surface area contributed by atoms with Gasteiger partial charge in [0.2, 0.25) is 10.0 Å². The average Bonchev–Trinajstić information content (AvgIpc) is 3.02. The highest BCUT2D eigenvalue weighted by atomic mass is 32.2. The molecule has 0 aromatic heterocycles. The third-order valence-electron chi connectivity index (χ3n) is 5.19. The van der Waals surface area contributed by atoms with E-state index in [-0.39, 0.29) is 16.6 Å². The molecular formula is C22H28N2O5S. The molecule has 2 aromatic carbocycles. The Morgan fingerprint density at radius 1 is 1.23 bits per heavy atom. The number of hydrogen-bond donors (Lipinski definition) is 1.